The largest absolute Gasteiger partial charge is 0.467 e. The van der Waals surface area contributed by atoms with E-state index in [1.54, 1.807) is 12.1 Å². The number of amides is 1. The Kier molecular flexibility index (Phi) is 5.38. The summed E-state index contributed by atoms with van der Waals surface area (Å²) in [4.78, 5) is 11.7. The van der Waals surface area contributed by atoms with Crippen molar-refractivity contribution in [3.8, 4) is 0 Å². The summed E-state index contributed by atoms with van der Waals surface area (Å²) in [6, 6.07) is 11.2. The van der Waals surface area contributed by atoms with Crippen molar-refractivity contribution >= 4 is 21.8 Å². The van der Waals surface area contributed by atoms with Crippen LogP contribution in [-0.4, -0.2) is 17.6 Å². The van der Waals surface area contributed by atoms with E-state index in [0.717, 1.165) is 10.0 Å². The molecule has 106 valence electrons. The molecular weight excluding hydrogens is 322 g/mol. The summed E-state index contributed by atoms with van der Waals surface area (Å²) in [6.45, 7) is 0.159. The van der Waals surface area contributed by atoms with Gasteiger partial charge in [-0.3, -0.25) is 4.79 Å². The molecule has 1 heterocycles. The average molecular weight is 338 g/mol. The van der Waals surface area contributed by atoms with Gasteiger partial charge in [0.25, 0.3) is 0 Å². The van der Waals surface area contributed by atoms with Gasteiger partial charge in [-0.1, -0.05) is 28.1 Å². The zero-order valence-electron chi connectivity index (χ0n) is 10.9. The molecule has 0 bridgehead atoms. The number of aryl methyl sites for hydroxylation is 1. The van der Waals surface area contributed by atoms with Gasteiger partial charge < -0.3 is 14.8 Å². The molecule has 5 heteroatoms. The standard InChI is InChI=1S/C15H16BrNO3/c16-12-6-3-11(4-7-12)5-8-15(19)17-10-13(18)14-2-1-9-20-14/h1-4,6-7,9,13,18H,5,8,10H2,(H,17,19)/t13-/m0/s1. The molecule has 0 spiro atoms. The Labute approximate surface area is 125 Å². The van der Waals surface area contributed by atoms with Crippen LogP contribution in [0.4, 0.5) is 0 Å². The smallest absolute Gasteiger partial charge is 0.220 e. The van der Waals surface area contributed by atoms with Gasteiger partial charge in [-0.05, 0) is 36.2 Å². The van der Waals surface area contributed by atoms with Crippen molar-refractivity contribution in [1.29, 1.82) is 0 Å². The van der Waals surface area contributed by atoms with E-state index >= 15 is 0 Å². The van der Waals surface area contributed by atoms with Gasteiger partial charge in [-0.2, -0.15) is 0 Å². The van der Waals surface area contributed by atoms with Gasteiger partial charge in [0.1, 0.15) is 11.9 Å². The van der Waals surface area contributed by atoms with Crippen molar-refractivity contribution in [3.05, 3.63) is 58.5 Å². The lowest BCUT2D eigenvalue weighted by molar-refractivity contribution is -0.121. The Balaban J connectivity index is 1.71. The molecule has 0 unspecified atom stereocenters. The number of furan rings is 1. The van der Waals surface area contributed by atoms with Crippen molar-refractivity contribution in [2.75, 3.05) is 6.54 Å². The van der Waals surface area contributed by atoms with Crippen LogP contribution in [0.25, 0.3) is 0 Å². The van der Waals surface area contributed by atoms with E-state index in [0.29, 0.717) is 18.6 Å². The van der Waals surface area contributed by atoms with Gasteiger partial charge in [0, 0.05) is 10.9 Å². The molecule has 1 atom stereocenters. The topological polar surface area (TPSA) is 62.5 Å². The van der Waals surface area contributed by atoms with Gasteiger partial charge >= 0.3 is 0 Å². The van der Waals surface area contributed by atoms with Gasteiger partial charge in [-0.25, -0.2) is 0 Å². The van der Waals surface area contributed by atoms with Crippen molar-refractivity contribution in [2.45, 2.75) is 18.9 Å². The highest BCUT2D eigenvalue weighted by Crippen LogP contribution is 2.13. The monoisotopic (exact) mass is 337 g/mol. The maximum atomic E-state index is 11.7. The number of hydrogen-bond donors (Lipinski definition) is 2. The second-order valence-corrected chi connectivity index (χ2v) is 5.38. The summed E-state index contributed by atoms with van der Waals surface area (Å²) < 4.78 is 6.08. The van der Waals surface area contributed by atoms with E-state index in [9.17, 15) is 9.90 Å². The maximum Gasteiger partial charge on any atom is 0.220 e. The summed E-state index contributed by atoms with van der Waals surface area (Å²) in [5.41, 5.74) is 1.11. The molecule has 0 radical (unpaired) electrons. The average Bonchev–Trinajstić information content (AvgIpc) is 2.98. The fourth-order valence-corrected chi connectivity index (χ4v) is 2.05. The van der Waals surface area contributed by atoms with Gasteiger partial charge in [0.15, 0.2) is 0 Å². The lowest BCUT2D eigenvalue weighted by Gasteiger charge is -2.09. The summed E-state index contributed by atoms with van der Waals surface area (Å²) in [6.07, 6.45) is 1.76. The minimum atomic E-state index is -0.804. The zero-order chi connectivity index (χ0) is 14.4. The number of rotatable bonds is 6. The number of aliphatic hydroxyl groups excluding tert-OH is 1. The SMILES string of the molecule is O=C(CCc1ccc(Br)cc1)NC[C@H](O)c1ccco1. The number of carbonyl (C=O) groups excluding carboxylic acids is 1. The summed E-state index contributed by atoms with van der Waals surface area (Å²) in [5.74, 6) is 0.372. The molecule has 1 aromatic heterocycles. The van der Waals surface area contributed by atoms with Crippen molar-refractivity contribution in [2.24, 2.45) is 0 Å². The minimum absolute atomic E-state index is 0.0847. The number of aliphatic hydroxyl groups is 1. The van der Waals surface area contributed by atoms with Crippen LogP contribution in [0.2, 0.25) is 0 Å². The number of halogens is 1. The quantitative estimate of drug-likeness (QED) is 0.851. The Hall–Kier alpha value is -1.59. The first-order chi connectivity index (χ1) is 9.65. The van der Waals surface area contributed by atoms with Gasteiger partial charge in [0.05, 0.1) is 12.8 Å². The van der Waals surface area contributed by atoms with Crippen molar-refractivity contribution in [3.63, 3.8) is 0 Å². The highest BCUT2D eigenvalue weighted by Gasteiger charge is 2.11. The highest BCUT2D eigenvalue weighted by molar-refractivity contribution is 9.10. The van der Waals surface area contributed by atoms with E-state index in [1.807, 2.05) is 24.3 Å². The molecule has 1 amide bonds. The third kappa shape index (κ3) is 4.51. The molecule has 0 fully saturated rings. The predicted molar refractivity (Wildman–Crippen MR) is 79.1 cm³/mol. The number of hydrogen-bond acceptors (Lipinski definition) is 3. The van der Waals surface area contributed by atoms with Crippen molar-refractivity contribution in [1.82, 2.24) is 5.32 Å². The van der Waals surface area contributed by atoms with Crippen molar-refractivity contribution < 1.29 is 14.3 Å². The molecule has 0 saturated carbocycles. The first-order valence-electron chi connectivity index (χ1n) is 6.38. The normalized spacial score (nSPS) is 12.1. The fraction of sp³-hybridized carbons (Fsp3) is 0.267. The summed E-state index contributed by atoms with van der Waals surface area (Å²) in [7, 11) is 0. The van der Waals surface area contributed by atoms with E-state index < -0.39 is 6.10 Å². The first-order valence-corrected chi connectivity index (χ1v) is 7.17. The lowest BCUT2D eigenvalue weighted by Crippen LogP contribution is -2.28. The van der Waals surface area contributed by atoms with Crippen LogP contribution in [0.1, 0.15) is 23.8 Å². The van der Waals surface area contributed by atoms with Crippen LogP contribution in [0, 0.1) is 0 Å². The number of nitrogens with one attached hydrogen (secondary N) is 1. The van der Waals surface area contributed by atoms with E-state index in [4.69, 9.17) is 4.42 Å². The Morgan fingerprint density at radius 2 is 2.05 bits per heavy atom. The molecular formula is C15H16BrNO3. The Morgan fingerprint density at radius 1 is 1.30 bits per heavy atom. The maximum absolute atomic E-state index is 11.7. The molecule has 1 aromatic carbocycles. The Bertz CT molecular complexity index is 537. The molecule has 0 aliphatic rings. The minimum Gasteiger partial charge on any atom is -0.467 e. The Morgan fingerprint density at radius 3 is 2.70 bits per heavy atom. The van der Waals surface area contributed by atoms with E-state index in [1.165, 1.54) is 6.26 Å². The van der Waals surface area contributed by atoms with E-state index in [2.05, 4.69) is 21.2 Å². The second kappa shape index (κ2) is 7.26. The van der Waals surface area contributed by atoms with Crippen LogP contribution in [-0.2, 0) is 11.2 Å². The molecule has 0 aliphatic heterocycles. The third-order valence-electron chi connectivity index (χ3n) is 2.92. The van der Waals surface area contributed by atoms with Crippen LogP contribution in [0.5, 0.6) is 0 Å². The van der Waals surface area contributed by atoms with Crippen LogP contribution >= 0.6 is 15.9 Å². The van der Waals surface area contributed by atoms with Crippen LogP contribution < -0.4 is 5.32 Å². The van der Waals surface area contributed by atoms with Crippen LogP contribution in [0.15, 0.2) is 51.6 Å². The van der Waals surface area contributed by atoms with E-state index in [-0.39, 0.29) is 12.5 Å². The molecule has 20 heavy (non-hydrogen) atoms. The molecule has 2 rings (SSSR count). The third-order valence-corrected chi connectivity index (χ3v) is 3.45. The molecule has 2 N–H and O–H groups in total. The number of carbonyl (C=O) groups is 1. The summed E-state index contributed by atoms with van der Waals surface area (Å²) in [5, 5.41) is 12.5. The predicted octanol–water partition coefficient (Wildman–Crippen LogP) is 2.82. The second-order valence-electron chi connectivity index (χ2n) is 4.46. The molecule has 2 aromatic rings. The van der Waals surface area contributed by atoms with Gasteiger partial charge in [0.2, 0.25) is 5.91 Å². The van der Waals surface area contributed by atoms with Crippen LogP contribution in [0.3, 0.4) is 0 Å². The first kappa shape index (κ1) is 14.8. The number of benzene rings is 1. The molecule has 4 nitrogen and oxygen atoms in total. The zero-order valence-corrected chi connectivity index (χ0v) is 12.5. The fourth-order valence-electron chi connectivity index (χ4n) is 1.79. The lowest BCUT2D eigenvalue weighted by atomic mass is 10.1. The highest BCUT2D eigenvalue weighted by atomic mass is 79.9. The molecule has 0 saturated heterocycles. The summed E-state index contributed by atoms with van der Waals surface area (Å²) >= 11 is 3.37. The van der Waals surface area contributed by atoms with Gasteiger partial charge in [-0.15, -0.1) is 0 Å². The molecule has 0 aliphatic carbocycles.